The van der Waals surface area contributed by atoms with E-state index < -0.39 is 5.60 Å². The third-order valence-electron chi connectivity index (χ3n) is 4.22. The van der Waals surface area contributed by atoms with Gasteiger partial charge in [-0.2, -0.15) is 0 Å². The van der Waals surface area contributed by atoms with E-state index in [2.05, 4.69) is 16.8 Å². The van der Waals surface area contributed by atoms with E-state index >= 15 is 0 Å². The molecule has 1 aromatic heterocycles. The third-order valence-corrected chi connectivity index (χ3v) is 5.20. The summed E-state index contributed by atoms with van der Waals surface area (Å²) >= 11 is 1.84. The maximum Gasteiger partial charge on any atom is 0.410 e. The number of thiophene rings is 1. The molecule has 1 spiro atoms. The van der Waals surface area contributed by atoms with E-state index in [1.54, 1.807) is 0 Å². The largest absolute Gasteiger partial charge is 0.444 e. The van der Waals surface area contributed by atoms with Gasteiger partial charge in [0.1, 0.15) is 5.60 Å². The molecule has 1 N–H and O–H groups in total. The fourth-order valence-corrected chi connectivity index (χ4v) is 4.35. The van der Waals surface area contributed by atoms with Gasteiger partial charge in [-0.1, -0.05) is 0 Å². The summed E-state index contributed by atoms with van der Waals surface area (Å²) < 4.78 is 5.54. The Morgan fingerprint density at radius 3 is 3.05 bits per heavy atom. The number of carbonyl (C=O) groups excluding carboxylic acids is 1. The number of nitrogens with zero attached hydrogens (tertiary/aromatic N) is 1. The highest BCUT2D eigenvalue weighted by Gasteiger charge is 2.42. The minimum Gasteiger partial charge on any atom is -0.444 e. The van der Waals surface area contributed by atoms with Gasteiger partial charge < -0.3 is 15.0 Å². The van der Waals surface area contributed by atoms with Crippen LogP contribution >= 0.6 is 11.3 Å². The molecule has 1 unspecified atom stereocenters. The molecule has 0 bridgehead atoms. The zero-order valence-electron chi connectivity index (χ0n) is 13.1. The molecule has 2 aliphatic heterocycles. The van der Waals surface area contributed by atoms with Crippen LogP contribution in [0.15, 0.2) is 11.4 Å². The van der Waals surface area contributed by atoms with Crippen LogP contribution in [0.25, 0.3) is 0 Å². The van der Waals surface area contributed by atoms with E-state index in [9.17, 15) is 4.79 Å². The number of carbonyl (C=O) groups is 1. The lowest BCUT2D eigenvalue weighted by Gasteiger charge is -2.46. The van der Waals surface area contributed by atoms with Crippen molar-refractivity contribution in [3.8, 4) is 0 Å². The Kier molecular flexibility index (Phi) is 3.74. The molecule has 1 saturated heterocycles. The molecule has 3 rings (SSSR count). The van der Waals surface area contributed by atoms with E-state index in [0.717, 1.165) is 32.4 Å². The van der Waals surface area contributed by atoms with Gasteiger partial charge in [-0.15, -0.1) is 11.3 Å². The van der Waals surface area contributed by atoms with Crippen LogP contribution in [-0.2, 0) is 16.7 Å². The summed E-state index contributed by atoms with van der Waals surface area (Å²) in [6.45, 7) is 8.25. The Bertz CT molecular complexity index is 535. The van der Waals surface area contributed by atoms with Crippen molar-refractivity contribution in [2.75, 3.05) is 19.6 Å². The molecule has 4 nitrogen and oxygen atoms in total. The summed E-state index contributed by atoms with van der Waals surface area (Å²) in [4.78, 5) is 15.7. The first-order valence-electron chi connectivity index (χ1n) is 7.69. The van der Waals surface area contributed by atoms with Gasteiger partial charge >= 0.3 is 6.09 Å². The zero-order valence-corrected chi connectivity index (χ0v) is 13.9. The van der Waals surface area contributed by atoms with Gasteiger partial charge in [-0.3, -0.25) is 0 Å². The van der Waals surface area contributed by atoms with Crippen molar-refractivity contribution in [2.45, 2.75) is 51.2 Å². The maximum atomic E-state index is 12.4. The Labute approximate surface area is 130 Å². The molecule has 0 radical (unpaired) electrons. The number of ether oxygens (including phenoxy) is 1. The topological polar surface area (TPSA) is 41.6 Å². The standard InChI is InChI=1S/C16H24N2O2S/c1-15(2,3)20-14(19)18-9-4-7-16(11-18)12-6-10-21-13(12)5-8-17-16/h6,10,17H,4-5,7-9,11H2,1-3H3. The molecule has 1 fully saturated rings. The van der Waals surface area contributed by atoms with Crippen molar-refractivity contribution < 1.29 is 9.53 Å². The highest BCUT2D eigenvalue weighted by Crippen LogP contribution is 2.38. The first-order valence-corrected chi connectivity index (χ1v) is 8.57. The van der Waals surface area contributed by atoms with Gasteiger partial charge in [0.05, 0.1) is 5.54 Å². The Morgan fingerprint density at radius 1 is 1.48 bits per heavy atom. The van der Waals surface area contributed by atoms with Gasteiger partial charge in [-0.05, 0) is 57.0 Å². The van der Waals surface area contributed by atoms with Crippen molar-refractivity contribution in [1.82, 2.24) is 10.2 Å². The normalized spacial score (nSPS) is 25.8. The quantitative estimate of drug-likeness (QED) is 0.800. The molecule has 1 aromatic rings. The number of fused-ring (bicyclic) bond motifs is 2. The van der Waals surface area contributed by atoms with Crippen LogP contribution < -0.4 is 5.32 Å². The molecule has 0 aromatic carbocycles. The molecule has 0 aliphatic carbocycles. The van der Waals surface area contributed by atoms with Crippen LogP contribution in [0, 0.1) is 0 Å². The molecule has 0 saturated carbocycles. The second kappa shape index (κ2) is 5.29. The third kappa shape index (κ3) is 2.94. The highest BCUT2D eigenvalue weighted by atomic mass is 32.1. The lowest BCUT2D eigenvalue weighted by Crippen LogP contribution is -2.58. The zero-order chi connectivity index (χ0) is 15.1. The smallest absolute Gasteiger partial charge is 0.410 e. The van der Waals surface area contributed by atoms with E-state index in [1.807, 2.05) is 37.0 Å². The summed E-state index contributed by atoms with van der Waals surface area (Å²) in [5.41, 5.74) is 0.893. The SMILES string of the molecule is CC(C)(C)OC(=O)N1CCCC2(C1)NCCc1sccc12. The molecule has 5 heteroatoms. The Hall–Kier alpha value is -1.07. The fraction of sp³-hybridized carbons (Fsp3) is 0.688. The second-order valence-corrected chi connectivity index (χ2v) is 8.02. The van der Waals surface area contributed by atoms with Gasteiger partial charge in [-0.25, -0.2) is 4.79 Å². The first-order chi connectivity index (χ1) is 9.90. The highest BCUT2D eigenvalue weighted by molar-refractivity contribution is 7.10. The van der Waals surface area contributed by atoms with Gasteiger partial charge in [0.2, 0.25) is 0 Å². The van der Waals surface area contributed by atoms with Crippen LogP contribution in [0.4, 0.5) is 4.79 Å². The van der Waals surface area contributed by atoms with Gasteiger partial charge in [0.15, 0.2) is 0 Å². The molecular formula is C16H24N2O2S. The lowest BCUT2D eigenvalue weighted by molar-refractivity contribution is 0.00976. The second-order valence-electron chi connectivity index (χ2n) is 7.02. The fourth-order valence-electron chi connectivity index (χ4n) is 3.37. The van der Waals surface area contributed by atoms with Crippen LogP contribution in [0.1, 0.15) is 44.1 Å². The van der Waals surface area contributed by atoms with Crippen molar-refractivity contribution in [3.63, 3.8) is 0 Å². The predicted molar refractivity (Wildman–Crippen MR) is 84.7 cm³/mol. The number of piperidine rings is 1. The van der Waals surface area contributed by atoms with Crippen LogP contribution in [-0.4, -0.2) is 36.2 Å². The Morgan fingerprint density at radius 2 is 2.29 bits per heavy atom. The monoisotopic (exact) mass is 308 g/mol. The number of likely N-dealkylation sites (tertiary alicyclic amines) is 1. The first kappa shape index (κ1) is 14.9. The van der Waals surface area contributed by atoms with Crippen molar-refractivity contribution in [1.29, 1.82) is 0 Å². The average Bonchev–Trinajstić information content (AvgIpc) is 2.87. The lowest BCUT2D eigenvalue weighted by atomic mass is 9.80. The molecule has 1 amide bonds. The molecule has 116 valence electrons. The van der Waals surface area contributed by atoms with Gasteiger partial charge in [0, 0.05) is 24.5 Å². The number of amides is 1. The molecule has 3 heterocycles. The van der Waals surface area contributed by atoms with Crippen molar-refractivity contribution >= 4 is 17.4 Å². The summed E-state index contributed by atoms with van der Waals surface area (Å²) in [5.74, 6) is 0. The Balaban J connectivity index is 1.80. The average molecular weight is 308 g/mol. The summed E-state index contributed by atoms with van der Waals surface area (Å²) in [7, 11) is 0. The molecular weight excluding hydrogens is 284 g/mol. The number of nitrogens with one attached hydrogen (secondary N) is 1. The van der Waals surface area contributed by atoms with Crippen molar-refractivity contribution in [3.05, 3.63) is 21.9 Å². The summed E-state index contributed by atoms with van der Waals surface area (Å²) in [6.07, 6.45) is 3.02. The maximum absolute atomic E-state index is 12.4. The minimum atomic E-state index is -0.435. The number of rotatable bonds is 0. The predicted octanol–water partition coefficient (Wildman–Crippen LogP) is 3.12. The van der Waals surface area contributed by atoms with E-state index in [1.165, 1.54) is 10.4 Å². The van der Waals surface area contributed by atoms with E-state index in [4.69, 9.17) is 4.74 Å². The van der Waals surface area contributed by atoms with Crippen LogP contribution in [0.3, 0.4) is 0 Å². The number of hydrogen-bond acceptors (Lipinski definition) is 4. The van der Waals surface area contributed by atoms with E-state index in [-0.39, 0.29) is 11.6 Å². The van der Waals surface area contributed by atoms with Crippen LogP contribution in [0.5, 0.6) is 0 Å². The molecule has 2 aliphatic rings. The minimum absolute atomic E-state index is 0.0667. The van der Waals surface area contributed by atoms with Gasteiger partial charge in [0.25, 0.3) is 0 Å². The van der Waals surface area contributed by atoms with Crippen LogP contribution in [0.2, 0.25) is 0 Å². The van der Waals surface area contributed by atoms with E-state index in [0.29, 0.717) is 6.54 Å². The summed E-state index contributed by atoms with van der Waals surface area (Å²) in [6, 6.07) is 2.23. The number of hydrogen-bond donors (Lipinski definition) is 1. The summed E-state index contributed by atoms with van der Waals surface area (Å²) in [5, 5.41) is 5.85. The molecule has 21 heavy (non-hydrogen) atoms. The molecule has 1 atom stereocenters. The van der Waals surface area contributed by atoms with Crippen molar-refractivity contribution in [2.24, 2.45) is 0 Å².